The van der Waals surface area contributed by atoms with Gasteiger partial charge in [0, 0.05) is 6.42 Å². The van der Waals surface area contributed by atoms with E-state index >= 15 is 0 Å². The molecule has 2 aliphatic rings. The lowest BCUT2D eigenvalue weighted by molar-refractivity contribution is -0.936. The number of quaternary nitrogens is 1. The van der Waals surface area contributed by atoms with Crippen molar-refractivity contribution in [1.29, 1.82) is 0 Å². The number of ether oxygens (including phenoxy) is 1. The van der Waals surface area contributed by atoms with Crippen LogP contribution in [0.25, 0.3) is 0 Å². The molecule has 0 saturated heterocycles. The van der Waals surface area contributed by atoms with Crippen LogP contribution in [0.15, 0.2) is 24.3 Å². The van der Waals surface area contributed by atoms with Crippen molar-refractivity contribution in [3.8, 4) is 5.75 Å². The van der Waals surface area contributed by atoms with Crippen LogP contribution in [0.1, 0.15) is 46.4 Å². The summed E-state index contributed by atoms with van der Waals surface area (Å²) >= 11 is 1.75. The monoisotopic (exact) mass is 358 g/mol. The number of rotatable bonds is 3. The molecule has 0 radical (unpaired) electrons. The van der Waals surface area contributed by atoms with Gasteiger partial charge >= 0.3 is 0 Å². The van der Waals surface area contributed by atoms with E-state index in [0.29, 0.717) is 6.04 Å². The normalized spacial score (nSPS) is 22.0. The fourth-order valence-electron chi connectivity index (χ4n) is 3.69. The van der Waals surface area contributed by atoms with Crippen LogP contribution in [-0.2, 0) is 13.0 Å². The highest BCUT2D eigenvalue weighted by molar-refractivity contribution is 7.16. The molecule has 0 spiro atoms. The van der Waals surface area contributed by atoms with Crippen molar-refractivity contribution in [2.75, 3.05) is 19.0 Å². The van der Waals surface area contributed by atoms with Gasteiger partial charge in [-0.25, -0.2) is 0 Å². The third-order valence-electron chi connectivity index (χ3n) is 5.20. The molecule has 25 heavy (non-hydrogen) atoms. The molecule has 0 saturated carbocycles. The zero-order valence-electron chi connectivity index (χ0n) is 14.8. The first kappa shape index (κ1) is 16.4. The van der Waals surface area contributed by atoms with Crippen LogP contribution in [-0.4, -0.2) is 25.6 Å². The largest absolute Gasteiger partial charge is 0.497 e. The van der Waals surface area contributed by atoms with Crippen molar-refractivity contribution in [3.63, 3.8) is 0 Å². The highest BCUT2D eigenvalue weighted by Gasteiger charge is 2.35. The molecule has 2 aliphatic heterocycles. The Labute approximate surface area is 152 Å². The maximum Gasteiger partial charge on any atom is 0.256 e. The first-order chi connectivity index (χ1) is 12.1. The van der Waals surface area contributed by atoms with Gasteiger partial charge in [0.05, 0.1) is 30.1 Å². The van der Waals surface area contributed by atoms with E-state index in [0.717, 1.165) is 41.4 Å². The number of anilines is 1. The second-order valence-corrected chi connectivity index (χ2v) is 8.13. The number of methoxy groups -OCH3 is 1. The molecule has 0 fully saturated rings. The Morgan fingerprint density at radius 1 is 1.32 bits per heavy atom. The van der Waals surface area contributed by atoms with Gasteiger partial charge in [0.1, 0.15) is 23.5 Å². The van der Waals surface area contributed by atoms with E-state index in [1.165, 1.54) is 10.4 Å². The summed E-state index contributed by atoms with van der Waals surface area (Å²) in [4.78, 5) is 15.7. The zero-order valence-corrected chi connectivity index (χ0v) is 15.6. The summed E-state index contributed by atoms with van der Waals surface area (Å²) in [6.45, 7) is 6.64. The number of thiophene rings is 1. The summed E-state index contributed by atoms with van der Waals surface area (Å²) in [5, 5.41) is 7.63. The second kappa shape index (κ2) is 6.35. The first-order valence-electron chi connectivity index (χ1n) is 8.77. The number of carbonyl (C=O) groups excluding carboxylic acids is 1. The maximum atomic E-state index is 12.8. The zero-order chi connectivity index (χ0) is 17.6. The van der Waals surface area contributed by atoms with Gasteiger partial charge in [-0.3, -0.25) is 4.79 Å². The number of carbonyl (C=O) groups is 1. The van der Waals surface area contributed by atoms with Gasteiger partial charge in [-0.2, -0.15) is 0 Å². The summed E-state index contributed by atoms with van der Waals surface area (Å²) in [6.07, 6.45) is 0.761. The smallest absolute Gasteiger partial charge is 0.256 e. The molecule has 132 valence electrons. The van der Waals surface area contributed by atoms with E-state index in [1.54, 1.807) is 23.3 Å². The number of hydrogen-bond acceptors (Lipinski definition) is 4. The summed E-state index contributed by atoms with van der Waals surface area (Å²) in [5.41, 5.74) is 3.11. The van der Waals surface area contributed by atoms with Gasteiger partial charge in [-0.1, -0.05) is 12.1 Å². The van der Waals surface area contributed by atoms with E-state index in [9.17, 15) is 4.79 Å². The van der Waals surface area contributed by atoms with Crippen molar-refractivity contribution >= 4 is 22.2 Å². The summed E-state index contributed by atoms with van der Waals surface area (Å²) < 4.78 is 5.30. The van der Waals surface area contributed by atoms with Crippen LogP contribution in [0, 0.1) is 0 Å². The Balaban J connectivity index is 1.64. The fraction of sp³-hybridized carbons (Fsp3) is 0.421. The average molecular weight is 358 g/mol. The van der Waals surface area contributed by atoms with E-state index in [1.807, 2.05) is 24.3 Å². The fourth-order valence-corrected chi connectivity index (χ4v) is 5.02. The SMILES string of the molecule is COc1cccc([C@@H]2NC(=O)c3c(sc4c3CC[NH+](C(C)C)C4)N2)c1. The molecule has 2 atom stereocenters. The van der Waals surface area contributed by atoms with Crippen molar-refractivity contribution in [2.45, 2.75) is 39.0 Å². The molecule has 1 unspecified atom stereocenters. The lowest BCUT2D eigenvalue weighted by atomic mass is 9.99. The van der Waals surface area contributed by atoms with Crippen molar-refractivity contribution in [1.82, 2.24) is 5.32 Å². The summed E-state index contributed by atoms with van der Waals surface area (Å²) in [6, 6.07) is 8.43. The number of amides is 1. The molecule has 3 heterocycles. The van der Waals surface area contributed by atoms with Crippen molar-refractivity contribution in [3.05, 3.63) is 45.8 Å². The molecule has 3 N–H and O–H groups in total. The second-order valence-electron chi connectivity index (χ2n) is 7.03. The van der Waals surface area contributed by atoms with Gasteiger partial charge in [0.15, 0.2) is 0 Å². The Kier molecular flexibility index (Phi) is 4.17. The Morgan fingerprint density at radius 2 is 2.16 bits per heavy atom. The van der Waals surface area contributed by atoms with Gasteiger partial charge in [-0.15, -0.1) is 11.3 Å². The van der Waals surface area contributed by atoms with E-state index in [2.05, 4.69) is 24.5 Å². The Morgan fingerprint density at radius 3 is 2.92 bits per heavy atom. The number of fused-ring (bicyclic) bond motifs is 3. The highest BCUT2D eigenvalue weighted by Crippen LogP contribution is 2.39. The van der Waals surface area contributed by atoms with E-state index < -0.39 is 0 Å². The van der Waals surface area contributed by atoms with E-state index in [4.69, 9.17) is 4.74 Å². The van der Waals surface area contributed by atoms with Crippen LogP contribution in [0.5, 0.6) is 5.75 Å². The third kappa shape index (κ3) is 2.89. The van der Waals surface area contributed by atoms with Crippen LogP contribution in [0.4, 0.5) is 5.00 Å². The minimum Gasteiger partial charge on any atom is -0.497 e. The van der Waals surface area contributed by atoms with Gasteiger partial charge < -0.3 is 20.3 Å². The lowest BCUT2D eigenvalue weighted by Gasteiger charge is -2.28. The van der Waals surface area contributed by atoms with Crippen LogP contribution >= 0.6 is 11.3 Å². The van der Waals surface area contributed by atoms with Crippen LogP contribution in [0.3, 0.4) is 0 Å². The third-order valence-corrected chi connectivity index (χ3v) is 6.36. The first-order valence-corrected chi connectivity index (χ1v) is 9.59. The minimum atomic E-state index is -0.219. The molecule has 0 bridgehead atoms. The summed E-state index contributed by atoms with van der Waals surface area (Å²) in [7, 11) is 1.65. The van der Waals surface area contributed by atoms with Gasteiger partial charge in [0.2, 0.25) is 0 Å². The van der Waals surface area contributed by atoms with Crippen LogP contribution in [0.2, 0.25) is 0 Å². The molecule has 2 aromatic rings. The van der Waals surface area contributed by atoms with E-state index in [-0.39, 0.29) is 12.1 Å². The molecule has 0 aliphatic carbocycles. The molecule has 4 rings (SSSR count). The van der Waals surface area contributed by atoms with Crippen LogP contribution < -0.4 is 20.3 Å². The number of hydrogen-bond donors (Lipinski definition) is 3. The molecular formula is C19H24N3O2S+. The predicted octanol–water partition coefficient (Wildman–Crippen LogP) is 1.96. The van der Waals surface area contributed by atoms with Gasteiger partial charge in [0.25, 0.3) is 5.91 Å². The van der Waals surface area contributed by atoms with Gasteiger partial charge in [-0.05, 0) is 37.1 Å². The topological polar surface area (TPSA) is 54.8 Å². The molecule has 1 aromatic carbocycles. The lowest BCUT2D eigenvalue weighted by Crippen LogP contribution is -3.14. The Hall–Kier alpha value is -2.05. The average Bonchev–Trinajstić information content (AvgIpc) is 2.99. The molecule has 6 heteroatoms. The molecule has 1 amide bonds. The molecule has 5 nitrogen and oxygen atoms in total. The predicted molar refractivity (Wildman–Crippen MR) is 99.5 cm³/mol. The number of benzene rings is 1. The summed E-state index contributed by atoms with van der Waals surface area (Å²) in [5.74, 6) is 0.827. The highest BCUT2D eigenvalue weighted by atomic mass is 32.1. The Bertz CT molecular complexity index is 815. The van der Waals surface area contributed by atoms with Crippen molar-refractivity contribution in [2.24, 2.45) is 0 Å². The molecule has 1 aromatic heterocycles. The standard InChI is InChI=1S/C19H23N3O2S/c1-11(2)22-8-7-14-15(10-22)25-19-16(14)18(23)20-17(21-19)12-5-4-6-13(9-12)24-3/h4-6,9,11,17,21H,7-8,10H2,1-3H3,(H,20,23)/p+1/t17-/m1/s1. The molecular weight excluding hydrogens is 334 g/mol. The number of nitrogens with one attached hydrogen (secondary N) is 3. The quantitative estimate of drug-likeness (QED) is 0.786. The minimum absolute atomic E-state index is 0.0343. The maximum absolute atomic E-state index is 12.8. The van der Waals surface area contributed by atoms with Crippen molar-refractivity contribution < 1.29 is 14.4 Å².